The molecule has 0 aliphatic rings. The van der Waals surface area contributed by atoms with E-state index in [1.54, 1.807) is 6.07 Å². The van der Waals surface area contributed by atoms with E-state index in [1.165, 1.54) is 0 Å². The summed E-state index contributed by atoms with van der Waals surface area (Å²) in [4.78, 5) is 21.9. The fourth-order valence-corrected chi connectivity index (χ4v) is 4.18. The first-order valence-electron chi connectivity index (χ1n) is 10.7. The standard InChI is InChI=1S/C27H23N3O3/c1-16-13-14-23(33-17(2)18-9-5-4-6-10-18)24-19(27(31)32)15-21(28-25(16)24)26-29-20-11-7-8-12-22(20)30(26)3/h4-15,17H,1-3H3,(H,31,32)/t17-/m1/s1. The molecular weight excluding hydrogens is 414 g/mol. The Morgan fingerprint density at radius 1 is 1.00 bits per heavy atom. The van der Waals surface area contributed by atoms with Crippen molar-refractivity contribution in [3.8, 4) is 17.3 Å². The molecule has 164 valence electrons. The van der Waals surface area contributed by atoms with Crippen LogP contribution in [0.15, 0.2) is 72.8 Å². The molecular formula is C27H23N3O3. The van der Waals surface area contributed by atoms with Crippen molar-refractivity contribution in [2.24, 2.45) is 7.05 Å². The van der Waals surface area contributed by atoms with Crippen molar-refractivity contribution in [1.82, 2.24) is 14.5 Å². The van der Waals surface area contributed by atoms with Gasteiger partial charge in [0, 0.05) is 7.05 Å². The average Bonchev–Trinajstić information content (AvgIpc) is 3.17. The second-order valence-corrected chi connectivity index (χ2v) is 8.12. The van der Waals surface area contributed by atoms with Crippen molar-refractivity contribution in [1.29, 1.82) is 0 Å². The van der Waals surface area contributed by atoms with Gasteiger partial charge in [-0.2, -0.15) is 0 Å². The SMILES string of the molecule is Cc1ccc(O[C@H](C)c2ccccc2)c2c(C(=O)O)cc(-c3nc4ccccc4n3C)nc12. The van der Waals surface area contributed by atoms with Crippen molar-refractivity contribution in [2.45, 2.75) is 20.0 Å². The summed E-state index contributed by atoms with van der Waals surface area (Å²) in [5, 5.41) is 10.6. The number of benzene rings is 3. The molecule has 5 aromatic rings. The number of fused-ring (bicyclic) bond motifs is 2. The number of imidazole rings is 1. The highest BCUT2D eigenvalue weighted by atomic mass is 16.5. The highest BCUT2D eigenvalue weighted by Gasteiger charge is 2.22. The zero-order valence-electron chi connectivity index (χ0n) is 18.6. The second kappa shape index (κ2) is 8.06. The van der Waals surface area contributed by atoms with Crippen LogP contribution in [0.1, 0.15) is 34.5 Å². The zero-order valence-corrected chi connectivity index (χ0v) is 18.6. The van der Waals surface area contributed by atoms with Gasteiger partial charge in [-0.3, -0.25) is 0 Å². The molecule has 0 fully saturated rings. The maximum Gasteiger partial charge on any atom is 0.336 e. The molecule has 33 heavy (non-hydrogen) atoms. The number of rotatable bonds is 5. The molecule has 0 amide bonds. The summed E-state index contributed by atoms with van der Waals surface area (Å²) in [6, 6.07) is 22.9. The van der Waals surface area contributed by atoms with Gasteiger partial charge in [-0.1, -0.05) is 48.5 Å². The molecule has 6 heteroatoms. The number of hydrogen-bond donors (Lipinski definition) is 1. The zero-order chi connectivity index (χ0) is 23.1. The van der Waals surface area contributed by atoms with Gasteiger partial charge in [0.15, 0.2) is 5.82 Å². The summed E-state index contributed by atoms with van der Waals surface area (Å²) in [5.74, 6) is 0.0719. The van der Waals surface area contributed by atoms with Gasteiger partial charge in [0.2, 0.25) is 0 Å². The van der Waals surface area contributed by atoms with Gasteiger partial charge in [-0.05, 0) is 49.2 Å². The lowest BCUT2D eigenvalue weighted by Gasteiger charge is -2.18. The van der Waals surface area contributed by atoms with E-state index in [9.17, 15) is 9.90 Å². The predicted octanol–water partition coefficient (Wildman–Crippen LogP) is 5.94. The lowest BCUT2D eigenvalue weighted by Crippen LogP contribution is -2.07. The van der Waals surface area contributed by atoms with E-state index in [0.717, 1.165) is 22.2 Å². The molecule has 0 unspecified atom stereocenters. The van der Waals surface area contributed by atoms with Crippen LogP contribution in [0.3, 0.4) is 0 Å². The molecule has 3 aromatic carbocycles. The number of carbonyl (C=O) groups is 1. The molecule has 1 N–H and O–H groups in total. The van der Waals surface area contributed by atoms with Gasteiger partial charge in [0.25, 0.3) is 0 Å². The summed E-state index contributed by atoms with van der Waals surface area (Å²) in [6.07, 6.45) is -0.252. The number of para-hydroxylation sites is 2. The number of carboxylic acid groups (broad SMARTS) is 1. The van der Waals surface area contributed by atoms with E-state index in [1.807, 2.05) is 92.2 Å². The Hall–Kier alpha value is -4.19. The molecule has 2 heterocycles. The summed E-state index contributed by atoms with van der Waals surface area (Å²) in [6.45, 7) is 3.87. The third kappa shape index (κ3) is 3.59. The second-order valence-electron chi connectivity index (χ2n) is 8.12. The fraction of sp³-hybridized carbons (Fsp3) is 0.148. The van der Waals surface area contributed by atoms with E-state index in [0.29, 0.717) is 28.2 Å². The Bertz CT molecular complexity index is 1510. The van der Waals surface area contributed by atoms with Gasteiger partial charge >= 0.3 is 5.97 Å². The number of aryl methyl sites for hydroxylation is 2. The first kappa shape index (κ1) is 20.7. The summed E-state index contributed by atoms with van der Waals surface area (Å²) < 4.78 is 8.19. The summed E-state index contributed by atoms with van der Waals surface area (Å²) in [5.41, 5.74) is 4.90. The predicted molar refractivity (Wildman–Crippen MR) is 129 cm³/mol. The topological polar surface area (TPSA) is 77.2 Å². The third-order valence-corrected chi connectivity index (χ3v) is 5.94. The van der Waals surface area contributed by atoms with Gasteiger partial charge < -0.3 is 14.4 Å². The quantitative estimate of drug-likeness (QED) is 0.368. The van der Waals surface area contributed by atoms with Crippen molar-refractivity contribution < 1.29 is 14.6 Å². The maximum absolute atomic E-state index is 12.4. The monoisotopic (exact) mass is 437 g/mol. The first-order valence-corrected chi connectivity index (χ1v) is 10.7. The Morgan fingerprint density at radius 3 is 2.45 bits per heavy atom. The lowest BCUT2D eigenvalue weighted by molar-refractivity contribution is 0.0698. The molecule has 0 bridgehead atoms. The van der Waals surface area contributed by atoms with Gasteiger partial charge in [-0.25, -0.2) is 14.8 Å². The maximum atomic E-state index is 12.4. The van der Waals surface area contributed by atoms with Gasteiger partial charge in [-0.15, -0.1) is 0 Å². The van der Waals surface area contributed by atoms with Crippen molar-refractivity contribution in [2.75, 3.05) is 0 Å². The first-order chi connectivity index (χ1) is 15.9. The van der Waals surface area contributed by atoms with E-state index >= 15 is 0 Å². The molecule has 0 aliphatic heterocycles. The van der Waals surface area contributed by atoms with Crippen LogP contribution in [0.5, 0.6) is 5.75 Å². The smallest absolute Gasteiger partial charge is 0.336 e. The number of aromatic carboxylic acids is 1. The number of ether oxygens (including phenoxy) is 1. The fourth-order valence-electron chi connectivity index (χ4n) is 4.18. The van der Waals surface area contributed by atoms with Crippen LogP contribution in [-0.4, -0.2) is 25.6 Å². The van der Waals surface area contributed by atoms with Gasteiger partial charge in [0.1, 0.15) is 17.5 Å². The highest BCUT2D eigenvalue weighted by Crippen LogP contribution is 2.36. The van der Waals surface area contributed by atoms with E-state index in [2.05, 4.69) is 0 Å². The van der Waals surface area contributed by atoms with Crippen molar-refractivity contribution >= 4 is 27.9 Å². The molecule has 0 aliphatic carbocycles. The van der Waals surface area contributed by atoms with Crippen LogP contribution in [0, 0.1) is 6.92 Å². The normalized spacial score (nSPS) is 12.2. The average molecular weight is 437 g/mol. The summed E-state index contributed by atoms with van der Waals surface area (Å²) >= 11 is 0. The van der Waals surface area contributed by atoms with E-state index in [4.69, 9.17) is 14.7 Å². The number of nitrogens with zero attached hydrogens (tertiary/aromatic N) is 3. The van der Waals surface area contributed by atoms with Crippen LogP contribution in [0.4, 0.5) is 0 Å². The highest BCUT2D eigenvalue weighted by molar-refractivity contribution is 6.07. The Labute approximate surface area is 191 Å². The van der Waals surface area contributed by atoms with Crippen LogP contribution in [0.25, 0.3) is 33.5 Å². The van der Waals surface area contributed by atoms with Crippen LogP contribution in [0.2, 0.25) is 0 Å². The molecule has 0 radical (unpaired) electrons. The molecule has 0 saturated carbocycles. The molecule has 1 atom stereocenters. The number of hydrogen-bond acceptors (Lipinski definition) is 4. The van der Waals surface area contributed by atoms with Crippen molar-refractivity contribution in [3.63, 3.8) is 0 Å². The van der Waals surface area contributed by atoms with E-state index in [-0.39, 0.29) is 11.7 Å². The number of aromatic nitrogens is 3. The van der Waals surface area contributed by atoms with Crippen LogP contribution >= 0.6 is 0 Å². The van der Waals surface area contributed by atoms with Crippen LogP contribution < -0.4 is 4.74 Å². The Morgan fingerprint density at radius 2 is 1.73 bits per heavy atom. The number of carboxylic acids is 1. The Balaban J connectivity index is 1.70. The van der Waals surface area contributed by atoms with Gasteiger partial charge in [0.05, 0.1) is 27.5 Å². The molecule has 5 rings (SSSR count). The molecule has 0 saturated heterocycles. The minimum atomic E-state index is -1.04. The lowest BCUT2D eigenvalue weighted by atomic mass is 10.0. The van der Waals surface area contributed by atoms with Crippen molar-refractivity contribution in [3.05, 3.63) is 89.5 Å². The minimum absolute atomic E-state index is 0.140. The van der Waals surface area contributed by atoms with E-state index < -0.39 is 5.97 Å². The molecule has 0 spiro atoms. The molecule has 2 aromatic heterocycles. The summed E-state index contributed by atoms with van der Waals surface area (Å²) in [7, 11) is 1.91. The van der Waals surface area contributed by atoms with Crippen LogP contribution in [-0.2, 0) is 7.05 Å². The molecule has 6 nitrogen and oxygen atoms in total. The minimum Gasteiger partial charge on any atom is -0.485 e. The number of pyridine rings is 1. The largest absolute Gasteiger partial charge is 0.485 e. The Kier molecular flexibility index (Phi) is 5.05. The third-order valence-electron chi connectivity index (χ3n) is 5.94.